The average molecular weight is 335 g/mol. The number of aryl methyl sites for hydroxylation is 1. The number of halogens is 1. The van der Waals surface area contributed by atoms with Gasteiger partial charge in [0, 0.05) is 11.4 Å². The van der Waals surface area contributed by atoms with Crippen molar-refractivity contribution in [1.29, 1.82) is 0 Å². The van der Waals surface area contributed by atoms with Gasteiger partial charge in [-0.25, -0.2) is 5.43 Å². The van der Waals surface area contributed by atoms with Gasteiger partial charge in [-0.1, -0.05) is 11.6 Å². The minimum Gasteiger partial charge on any atom is -0.493 e. The maximum atomic E-state index is 11.7. The zero-order valence-electron chi connectivity index (χ0n) is 13.1. The second-order valence-electron chi connectivity index (χ2n) is 5.07. The first-order valence-corrected chi connectivity index (χ1v) is 7.70. The molecule has 0 radical (unpaired) electrons. The summed E-state index contributed by atoms with van der Waals surface area (Å²) in [5.41, 5.74) is 4.10. The van der Waals surface area contributed by atoms with Gasteiger partial charge < -0.3 is 9.15 Å². The molecule has 0 saturated heterocycles. The van der Waals surface area contributed by atoms with Gasteiger partial charge in [0.05, 0.1) is 12.9 Å². The minimum atomic E-state index is -0.160. The van der Waals surface area contributed by atoms with Crippen LogP contribution in [0, 0.1) is 6.92 Å². The molecule has 0 aliphatic rings. The molecular weight excluding hydrogens is 316 g/mol. The number of furan rings is 1. The van der Waals surface area contributed by atoms with Crippen LogP contribution in [0.1, 0.15) is 31.1 Å². The van der Waals surface area contributed by atoms with Crippen LogP contribution in [-0.2, 0) is 4.79 Å². The third kappa shape index (κ3) is 5.45. The zero-order chi connectivity index (χ0) is 16.7. The topological polar surface area (TPSA) is 63.8 Å². The predicted molar refractivity (Wildman–Crippen MR) is 90.0 cm³/mol. The van der Waals surface area contributed by atoms with Crippen molar-refractivity contribution < 1.29 is 13.9 Å². The van der Waals surface area contributed by atoms with Gasteiger partial charge in [0.2, 0.25) is 5.91 Å². The molecule has 23 heavy (non-hydrogen) atoms. The molecule has 1 aromatic carbocycles. The quantitative estimate of drug-likeness (QED) is 0.474. The van der Waals surface area contributed by atoms with Crippen LogP contribution in [0.15, 0.2) is 46.1 Å². The van der Waals surface area contributed by atoms with E-state index in [-0.39, 0.29) is 5.91 Å². The van der Waals surface area contributed by atoms with Gasteiger partial charge in [0.25, 0.3) is 0 Å². The lowest BCUT2D eigenvalue weighted by Gasteiger charge is -2.09. The monoisotopic (exact) mass is 334 g/mol. The molecule has 2 aromatic rings. The first-order chi connectivity index (χ1) is 11.1. The molecule has 2 rings (SSSR count). The molecule has 0 unspecified atom stereocenters. The molecule has 0 fully saturated rings. The Kier molecular flexibility index (Phi) is 6.23. The fraction of sp³-hybridized carbons (Fsp3) is 0.294. The summed E-state index contributed by atoms with van der Waals surface area (Å²) in [6.07, 6.45) is 2.50. The van der Waals surface area contributed by atoms with Crippen molar-refractivity contribution in [3.63, 3.8) is 0 Å². The standard InChI is InChI=1S/C17H19ClN2O3/c1-12-11-14(18)7-8-15(12)22-10-4-6-17(21)20-19-13(2)16-5-3-9-23-16/h3,5,7-9,11H,4,6,10H2,1-2H3,(H,20,21)/b19-13+. The first-order valence-electron chi connectivity index (χ1n) is 7.32. The number of hydrogen-bond acceptors (Lipinski definition) is 4. The molecule has 0 aliphatic heterocycles. The normalized spacial score (nSPS) is 11.3. The number of carbonyl (C=O) groups is 1. The van der Waals surface area contributed by atoms with Crippen molar-refractivity contribution in [3.05, 3.63) is 52.9 Å². The van der Waals surface area contributed by atoms with Gasteiger partial charge in [-0.2, -0.15) is 5.10 Å². The molecule has 0 atom stereocenters. The van der Waals surface area contributed by atoms with Crippen LogP contribution in [0.2, 0.25) is 5.02 Å². The van der Waals surface area contributed by atoms with Gasteiger partial charge in [0.15, 0.2) is 0 Å². The number of hydrazone groups is 1. The summed E-state index contributed by atoms with van der Waals surface area (Å²) < 4.78 is 10.8. The molecular formula is C17H19ClN2O3. The van der Waals surface area contributed by atoms with Crippen molar-refractivity contribution in [1.82, 2.24) is 5.43 Å². The number of hydrogen-bond donors (Lipinski definition) is 1. The molecule has 1 aromatic heterocycles. The van der Waals surface area contributed by atoms with Crippen LogP contribution in [0.4, 0.5) is 0 Å². The van der Waals surface area contributed by atoms with Crippen LogP contribution in [0.3, 0.4) is 0 Å². The molecule has 1 amide bonds. The average Bonchev–Trinajstić information content (AvgIpc) is 3.05. The maximum absolute atomic E-state index is 11.7. The van der Waals surface area contributed by atoms with E-state index >= 15 is 0 Å². The Morgan fingerprint density at radius 3 is 2.91 bits per heavy atom. The largest absolute Gasteiger partial charge is 0.493 e. The Hall–Kier alpha value is -2.27. The lowest BCUT2D eigenvalue weighted by atomic mass is 10.2. The Labute approximate surface area is 140 Å². The first kappa shape index (κ1) is 17.1. The Balaban J connectivity index is 1.70. The van der Waals surface area contributed by atoms with Crippen LogP contribution in [-0.4, -0.2) is 18.2 Å². The number of ether oxygens (including phenoxy) is 1. The highest BCUT2D eigenvalue weighted by Crippen LogP contribution is 2.21. The molecule has 1 heterocycles. The van der Waals surface area contributed by atoms with Crippen molar-refractivity contribution >= 4 is 23.2 Å². The van der Waals surface area contributed by atoms with E-state index in [2.05, 4.69) is 10.5 Å². The summed E-state index contributed by atoms with van der Waals surface area (Å²) in [5, 5.41) is 4.67. The van der Waals surface area contributed by atoms with Crippen molar-refractivity contribution in [2.45, 2.75) is 26.7 Å². The molecule has 0 aliphatic carbocycles. The van der Waals surface area contributed by atoms with Gasteiger partial charge in [0.1, 0.15) is 17.2 Å². The van der Waals surface area contributed by atoms with E-state index in [4.69, 9.17) is 20.8 Å². The fourth-order valence-electron chi connectivity index (χ4n) is 1.93. The van der Waals surface area contributed by atoms with Gasteiger partial charge in [-0.15, -0.1) is 0 Å². The molecule has 0 saturated carbocycles. The Morgan fingerprint density at radius 2 is 2.22 bits per heavy atom. The lowest BCUT2D eigenvalue weighted by Crippen LogP contribution is -2.19. The highest BCUT2D eigenvalue weighted by Gasteiger charge is 2.04. The highest BCUT2D eigenvalue weighted by atomic mass is 35.5. The van der Waals surface area contributed by atoms with Crippen molar-refractivity contribution in [3.8, 4) is 5.75 Å². The predicted octanol–water partition coefficient (Wildman–Crippen LogP) is 3.94. The van der Waals surface area contributed by atoms with Crippen LogP contribution in [0.5, 0.6) is 5.75 Å². The molecule has 6 heteroatoms. The maximum Gasteiger partial charge on any atom is 0.240 e. The van der Waals surface area contributed by atoms with Gasteiger partial charge >= 0.3 is 0 Å². The van der Waals surface area contributed by atoms with E-state index in [9.17, 15) is 4.79 Å². The number of carbonyl (C=O) groups excluding carboxylic acids is 1. The molecule has 5 nitrogen and oxygen atoms in total. The Bertz CT molecular complexity index is 681. The second kappa shape index (κ2) is 8.39. The Morgan fingerprint density at radius 1 is 1.39 bits per heavy atom. The van der Waals surface area contributed by atoms with Crippen molar-refractivity contribution in [2.24, 2.45) is 5.10 Å². The minimum absolute atomic E-state index is 0.160. The SMILES string of the molecule is C/C(=N\NC(=O)CCCOc1ccc(Cl)cc1C)c1ccco1. The summed E-state index contributed by atoms with van der Waals surface area (Å²) >= 11 is 5.89. The van der Waals surface area contributed by atoms with Crippen LogP contribution >= 0.6 is 11.6 Å². The van der Waals surface area contributed by atoms with Gasteiger partial charge in [-0.05, 0) is 56.2 Å². The summed E-state index contributed by atoms with van der Waals surface area (Å²) in [5.74, 6) is 1.25. The number of amides is 1. The lowest BCUT2D eigenvalue weighted by molar-refractivity contribution is -0.121. The summed E-state index contributed by atoms with van der Waals surface area (Å²) in [6.45, 7) is 4.16. The molecule has 122 valence electrons. The van der Waals surface area contributed by atoms with E-state index < -0.39 is 0 Å². The van der Waals surface area contributed by atoms with Crippen LogP contribution < -0.4 is 10.2 Å². The van der Waals surface area contributed by atoms with E-state index in [0.717, 1.165) is 11.3 Å². The summed E-state index contributed by atoms with van der Waals surface area (Å²) in [4.78, 5) is 11.7. The highest BCUT2D eigenvalue weighted by molar-refractivity contribution is 6.30. The molecule has 0 bridgehead atoms. The van der Waals surface area contributed by atoms with E-state index in [1.54, 1.807) is 31.4 Å². The van der Waals surface area contributed by atoms with E-state index in [1.165, 1.54) is 0 Å². The second-order valence-corrected chi connectivity index (χ2v) is 5.51. The number of nitrogens with zero attached hydrogens (tertiary/aromatic N) is 1. The van der Waals surface area contributed by atoms with Crippen molar-refractivity contribution in [2.75, 3.05) is 6.61 Å². The molecule has 1 N–H and O–H groups in total. The van der Waals surface area contributed by atoms with E-state index in [0.29, 0.717) is 35.9 Å². The third-order valence-electron chi connectivity index (χ3n) is 3.17. The van der Waals surface area contributed by atoms with E-state index in [1.807, 2.05) is 19.1 Å². The number of benzene rings is 1. The zero-order valence-corrected chi connectivity index (χ0v) is 13.9. The third-order valence-corrected chi connectivity index (χ3v) is 3.40. The van der Waals surface area contributed by atoms with Gasteiger partial charge in [-0.3, -0.25) is 4.79 Å². The number of rotatable bonds is 7. The van der Waals surface area contributed by atoms with Crippen LogP contribution in [0.25, 0.3) is 0 Å². The molecule has 0 spiro atoms. The fourth-order valence-corrected chi connectivity index (χ4v) is 2.16. The number of nitrogens with one attached hydrogen (secondary N) is 1. The summed E-state index contributed by atoms with van der Waals surface area (Å²) in [7, 11) is 0. The smallest absolute Gasteiger partial charge is 0.240 e. The summed E-state index contributed by atoms with van der Waals surface area (Å²) in [6, 6.07) is 9.01.